The topological polar surface area (TPSA) is 144 Å². The largest absolute Gasteiger partial charge is 0.493 e. The number of nitrogens with zero attached hydrogens (tertiary/aromatic N) is 1. The normalized spacial score (nSPS) is 21.2. The number of halogens is 1. The summed E-state index contributed by atoms with van der Waals surface area (Å²) in [6.45, 7) is 0.119. The summed E-state index contributed by atoms with van der Waals surface area (Å²) in [6, 6.07) is 7.84. The first kappa shape index (κ1) is 31.1. The first-order valence-electron chi connectivity index (χ1n) is 14.3. The highest BCUT2D eigenvalue weighted by molar-refractivity contribution is 14.1. The molecule has 230 valence electrons. The van der Waals surface area contributed by atoms with E-state index in [0.717, 1.165) is 31.2 Å². The van der Waals surface area contributed by atoms with Crippen molar-refractivity contribution in [1.29, 1.82) is 0 Å². The van der Waals surface area contributed by atoms with Crippen LogP contribution in [0.4, 0.5) is 0 Å². The van der Waals surface area contributed by atoms with Gasteiger partial charge in [-0.2, -0.15) is 0 Å². The molecule has 2 amide bonds. The fourth-order valence-corrected chi connectivity index (χ4v) is 6.59. The van der Waals surface area contributed by atoms with Crippen molar-refractivity contribution in [3.05, 3.63) is 56.7 Å². The molecule has 43 heavy (non-hydrogen) atoms. The Morgan fingerprint density at radius 2 is 1.93 bits per heavy atom. The predicted octanol–water partition coefficient (Wildman–Crippen LogP) is 2.98. The van der Waals surface area contributed by atoms with Crippen molar-refractivity contribution in [3.63, 3.8) is 0 Å². The summed E-state index contributed by atoms with van der Waals surface area (Å²) >= 11 is 2.02. The van der Waals surface area contributed by atoms with Crippen LogP contribution >= 0.6 is 22.6 Å². The van der Waals surface area contributed by atoms with E-state index in [1.165, 1.54) is 13.2 Å². The molecule has 2 aromatic carbocycles. The van der Waals surface area contributed by atoms with Gasteiger partial charge in [0.05, 0.1) is 23.3 Å². The lowest BCUT2D eigenvalue weighted by molar-refractivity contribution is -0.143. The van der Waals surface area contributed by atoms with Crippen molar-refractivity contribution in [3.8, 4) is 23.0 Å². The van der Waals surface area contributed by atoms with E-state index in [2.05, 4.69) is 5.32 Å². The number of aldehydes is 1. The molecule has 3 N–H and O–H groups in total. The van der Waals surface area contributed by atoms with Gasteiger partial charge in [0, 0.05) is 36.6 Å². The minimum absolute atomic E-state index is 0.0513. The number of carbonyl (C=O) groups excluding carboxylic acids is 3. The summed E-state index contributed by atoms with van der Waals surface area (Å²) in [5, 5.41) is 23.8. The van der Waals surface area contributed by atoms with Gasteiger partial charge in [-0.1, -0.05) is 18.9 Å². The van der Waals surface area contributed by atoms with Gasteiger partial charge in [0.15, 0.2) is 23.0 Å². The maximum Gasteiger partial charge on any atom is 0.247 e. The molecule has 1 aliphatic heterocycles. The molecule has 1 saturated carbocycles. The molecule has 0 bridgehead atoms. The lowest BCUT2D eigenvalue weighted by Crippen LogP contribution is -2.55. The molecule has 3 unspecified atom stereocenters. The number of rotatable bonds is 11. The van der Waals surface area contributed by atoms with Gasteiger partial charge in [-0.25, -0.2) is 0 Å². The van der Waals surface area contributed by atoms with Crippen LogP contribution in [-0.2, 0) is 16.1 Å². The van der Waals surface area contributed by atoms with E-state index in [9.17, 15) is 24.6 Å². The summed E-state index contributed by atoms with van der Waals surface area (Å²) in [5.41, 5.74) is 1.51. The minimum atomic E-state index is -1.21. The van der Waals surface area contributed by atoms with Crippen molar-refractivity contribution in [2.24, 2.45) is 5.92 Å². The fraction of sp³-hybridized carbons (Fsp3) is 0.452. The zero-order valence-electron chi connectivity index (χ0n) is 23.8. The number of benzene rings is 2. The number of fused-ring (bicyclic) bond motifs is 1. The number of ether oxygens (including phenoxy) is 4. The highest BCUT2D eigenvalue weighted by Crippen LogP contribution is 2.39. The highest BCUT2D eigenvalue weighted by Gasteiger charge is 2.42. The van der Waals surface area contributed by atoms with E-state index in [4.69, 9.17) is 18.9 Å². The van der Waals surface area contributed by atoms with Crippen molar-refractivity contribution in [2.75, 3.05) is 27.1 Å². The minimum Gasteiger partial charge on any atom is -0.493 e. The molecule has 2 aromatic rings. The zero-order chi connectivity index (χ0) is 30.5. The molecule has 0 radical (unpaired) electrons. The molecule has 0 aromatic heterocycles. The van der Waals surface area contributed by atoms with Crippen molar-refractivity contribution in [2.45, 2.75) is 56.9 Å². The third-order valence-electron chi connectivity index (χ3n) is 8.03. The van der Waals surface area contributed by atoms with E-state index in [1.807, 2.05) is 34.7 Å². The number of methoxy groups -OCH3 is 1. The Labute approximate surface area is 263 Å². The summed E-state index contributed by atoms with van der Waals surface area (Å²) in [5.74, 6) is 1.11. The van der Waals surface area contributed by atoms with Crippen molar-refractivity contribution in [1.82, 2.24) is 10.2 Å². The monoisotopic (exact) mass is 706 g/mol. The van der Waals surface area contributed by atoms with Crippen LogP contribution in [0, 0.1) is 9.49 Å². The second kappa shape index (κ2) is 14.0. The quantitative estimate of drug-likeness (QED) is 0.238. The molecule has 2 aliphatic carbocycles. The Bertz CT molecular complexity index is 1390. The number of hydrogen-bond donors (Lipinski definition) is 3. The number of nitrogens with one attached hydrogen (secondary N) is 1. The number of carbonyl (C=O) groups is 3. The number of aliphatic hydroxyl groups excluding tert-OH is 2. The zero-order valence-corrected chi connectivity index (χ0v) is 25.9. The second-order valence-corrected chi connectivity index (χ2v) is 12.0. The van der Waals surface area contributed by atoms with E-state index < -0.39 is 24.2 Å². The van der Waals surface area contributed by atoms with Gasteiger partial charge in [0.2, 0.25) is 18.6 Å². The van der Waals surface area contributed by atoms with Crippen LogP contribution in [0.1, 0.15) is 48.0 Å². The summed E-state index contributed by atoms with van der Waals surface area (Å²) < 4.78 is 23.4. The fourth-order valence-electron chi connectivity index (χ4n) is 5.84. The van der Waals surface area contributed by atoms with Crippen LogP contribution in [0.15, 0.2) is 42.0 Å². The molecule has 1 fully saturated rings. The second-order valence-electron chi connectivity index (χ2n) is 10.8. The summed E-state index contributed by atoms with van der Waals surface area (Å²) in [4.78, 5) is 40.4. The Morgan fingerprint density at radius 3 is 2.65 bits per heavy atom. The number of aliphatic hydroxyl groups is 2. The van der Waals surface area contributed by atoms with Crippen molar-refractivity contribution < 1.29 is 43.5 Å². The third-order valence-corrected chi connectivity index (χ3v) is 8.84. The van der Waals surface area contributed by atoms with Gasteiger partial charge in [-0.05, 0) is 71.3 Å². The Morgan fingerprint density at radius 1 is 1.16 bits per heavy atom. The number of hydrogen-bond acceptors (Lipinski definition) is 9. The number of amides is 2. The van der Waals surface area contributed by atoms with Crippen LogP contribution in [0.5, 0.6) is 23.0 Å². The predicted molar refractivity (Wildman–Crippen MR) is 163 cm³/mol. The smallest absolute Gasteiger partial charge is 0.247 e. The first-order valence-corrected chi connectivity index (χ1v) is 15.4. The molecule has 3 aliphatic rings. The van der Waals surface area contributed by atoms with Crippen molar-refractivity contribution >= 4 is 40.7 Å². The average Bonchev–Trinajstić information content (AvgIpc) is 3.72. The molecular weight excluding hydrogens is 671 g/mol. The summed E-state index contributed by atoms with van der Waals surface area (Å²) in [6.07, 6.45) is 3.53. The third kappa shape index (κ3) is 6.91. The van der Waals surface area contributed by atoms with E-state index >= 15 is 0 Å². The average molecular weight is 707 g/mol. The Hall–Kier alpha value is -3.36. The van der Waals surface area contributed by atoms with Gasteiger partial charge < -0.3 is 39.4 Å². The lowest BCUT2D eigenvalue weighted by atomic mass is 9.87. The molecule has 5 rings (SSSR count). The molecule has 1 heterocycles. The first-order chi connectivity index (χ1) is 20.8. The van der Waals surface area contributed by atoms with Gasteiger partial charge in [-0.3, -0.25) is 14.4 Å². The van der Waals surface area contributed by atoms with Crippen LogP contribution in [0.2, 0.25) is 0 Å². The molecule has 0 spiro atoms. The van der Waals surface area contributed by atoms with Crippen LogP contribution < -0.4 is 24.3 Å². The highest BCUT2D eigenvalue weighted by atomic mass is 127. The van der Waals surface area contributed by atoms with Gasteiger partial charge in [-0.15, -0.1) is 0 Å². The molecule has 11 nitrogen and oxygen atoms in total. The molecule has 0 saturated heterocycles. The van der Waals surface area contributed by atoms with Crippen LogP contribution in [0.25, 0.3) is 0 Å². The van der Waals surface area contributed by atoms with Crippen LogP contribution in [0.3, 0.4) is 0 Å². The maximum absolute atomic E-state index is 14.1. The molecular formula is C31H35IN2O9. The Kier molecular flexibility index (Phi) is 10.1. The van der Waals surface area contributed by atoms with E-state index in [0.29, 0.717) is 44.0 Å². The summed E-state index contributed by atoms with van der Waals surface area (Å²) in [7, 11) is 1.45. The van der Waals surface area contributed by atoms with Crippen LogP contribution in [-0.4, -0.2) is 78.5 Å². The van der Waals surface area contributed by atoms with E-state index in [1.54, 1.807) is 23.1 Å². The maximum atomic E-state index is 14.1. The SMILES string of the molecule is COc1cc(C=O)cc(I)c1OC1C=C(C(=O)NCCO)CC(N(Cc2ccc3c(c2)OCO3)C(=O)C2CCCC2)C1O. The standard InChI is InChI=1S/C31H35IN2O9/c1-40-27-12-19(16-36)10-22(32)29(27)43-26-14-21(30(38)33-8-9-35)13-23(28(26)37)34(31(39)20-4-2-3-5-20)15-18-6-7-24-25(11-18)42-17-41-24/h6-7,10-12,14,16,20,23,26,28,35,37H,2-5,8-9,13,15,17H2,1H3,(H,33,38). The van der Waals surface area contributed by atoms with Gasteiger partial charge in [0.25, 0.3) is 0 Å². The molecule has 12 heteroatoms. The lowest BCUT2D eigenvalue weighted by Gasteiger charge is -2.41. The van der Waals surface area contributed by atoms with E-state index in [-0.39, 0.29) is 44.7 Å². The molecule has 3 atom stereocenters. The van der Waals surface area contributed by atoms with Gasteiger partial charge >= 0.3 is 0 Å². The van der Waals surface area contributed by atoms with Gasteiger partial charge in [0.1, 0.15) is 18.5 Å². The Balaban J connectivity index is 1.51.